The summed E-state index contributed by atoms with van der Waals surface area (Å²) in [6.45, 7) is -0.820. The molecule has 8 nitrogen and oxygen atoms in total. The summed E-state index contributed by atoms with van der Waals surface area (Å²) >= 11 is 0. The number of hydrogen-bond acceptors (Lipinski definition) is 4. The van der Waals surface area contributed by atoms with Gasteiger partial charge in [-0.3, -0.25) is 4.57 Å². The summed E-state index contributed by atoms with van der Waals surface area (Å²) in [6, 6.07) is 7.93. The predicted octanol–water partition coefficient (Wildman–Crippen LogP) is 0.586. The number of carbonyl (C=O) groups excluding carboxylic acids is 1. The summed E-state index contributed by atoms with van der Waals surface area (Å²) in [5, 5.41) is 10.6. The normalized spacial score (nSPS) is 12.5. The first kappa shape index (κ1) is 17.2. The average molecular weight is 317 g/mol. The number of aliphatic carboxylic acids is 1. The van der Waals surface area contributed by atoms with Gasteiger partial charge in [-0.1, -0.05) is 30.3 Å². The van der Waals surface area contributed by atoms with E-state index in [4.69, 9.17) is 14.9 Å². The van der Waals surface area contributed by atoms with Crippen molar-refractivity contribution in [1.29, 1.82) is 0 Å². The standard InChI is InChI=1S/C12H16NO7P/c14-11(15)7-20-12(16)13-10(8-21(17,18)19)6-9-4-2-1-3-5-9/h1-5,10H,6-8H2,(H,13,16)(H,14,15)(H2,17,18,19). The molecule has 0 heterocycles. The summed E-state index contributed by atoms with van der Waals surface area (Å²) in [5.41, 5.74) is 0.773. The molecule has 0 saturated heterocycles. The number of hydrogen-bond donors (Lipinski definition) is 4. The topological polar surface area (TPSA) is 133 Å². The molecule has 0 radical (unpaired) electrons. The van der Waals surface area contributed by atoms with Gasteiger partial charge in [0.25, 0.3) is 0 Å². The Morgan fingerprint density at radius 3 is 2.38 bits per heavy atom. The van der Waals surface area contributed by atoms with Crippen LogP contribution < -0.4 is 5.32 Å². The van der Waals surface area contributed by atoms with Crippen LogP contribution in [0.4, 0.5) is 4.79 Å². The molecule has 0 aliphatic heterocycles. The fraction of sp³-hybridized carbons (Fsp3) is 0.333. The largest absolute Gasteiger partial charge is 0.479 e. The fourth-order valence-corrected chi connectivity index (χ4v) is 2.48. The first-order chi connectivity index (χ1) is 9.76. The van der Waals surface area contributed by atoms with E-state index in [0.717, 1.165) is 5.56 Å². The zero-order valence-electron chi connectivity index (χ0n) is 11.0. The maximum atomic E-state index is 11.4. The van der Waals surface area contributed by atoms with Gasteiger partial charge in [0.2, 0.25) is 0 Å². The highest BCUT2D eigenvalue weighted by atomic mass is 31.2. The molecule has 1 amide bonds. The van der Waals surface area contributed by atoms with Gasteiger partial charge >= 0.3 is 19.7 Å². The van der Waals surface area contributed by atoms with Crippen molar-refractivity contribution in [2.75, 3.05) is 12.8 Å². The smallest absolute Gasteiger partial charge is 0.407 e. The molecular formula is C12H16NO7P. The van der Waals surface area contributed by atoms with E-state index in [0.29, 0.717) is 0 Å². The molecule has 116 valence electrons. The summed E-state index contributed by atoms with van der Waals surface area (Å²) in [7, 11) is -4.34. The molecule has 0 aromatic heterocycles. The SMILES string of the molecule is O=C(O)COC(=O)NC(Cc1ccccc1)CP(=O)(O)O. The van der Waals surface area contributed by atoms with Crippen molar-refractivity contribution in [3.8, 4) is 0 Å². The first-order valence-corrected chi connectivity index (χ1v) is 7.79. The Morgan fingerprint density at radius 1 is 1.24 bits per heavy atom. The molecule has 1 atom stereocenters. The highest BCUT2D eigenvalue weighted by Crippen LogP contribution is 2.35. The molecule has 21 heavy (non-hydrogen) atoms. The van der Waals surface area contributed by atoms with E-state index < -0.39 is 38.5 Å². The summed E-state index contributed by atoms with van der Waals surface area (Å²) in [4.78, 5) is 39.7. The van der Waals surface area contributed by atoms with Gasteiger partial charge in [0, 0.05) is 6.04 Å². The van der Waals surface area contributed by atoms with E-state index in [1.54, 1.807) is 30.3 Å². The molecule has 1 aromatic rings. The van der Waals surface area contributed by atoms with Crippen molar-refractivity contribution >= 4 is 19.7 Å². The van der Waals surface area contributed by atoms with Crippen LogP contribution in [0.2, 0.25) is 0 Å². The minimum atomic E-state index is -4.34. The fourth-order valence-electron chi connectivity index (χ4n) is 1.68. The zero-order chi connectivity index (χ0) is 15.9. The van der Waals surface area contributed by atoms with Gasteiger partial charge in [-0.05, 0) is 12.0 Å². The number of amides is 1. The minimum absolute atomic E-state index is 0.189. The number of carboxylic acids is 1. The van der Waals surface area contributed by atoms with Crippen molar-refractivity contribution < 1.29 is 33.8 Å². The second kappa shape index (κ2) is 7.78. The maximum absolute atomic E-state index is 11.4. The van der Waals surface area contributed by atoms with Crippen molar-refractivity contribution in [3.05, 3.63) is 35.9 Å². The Bertz CT molecular complexity index is 528. The van der Waals surface area contributed by atoms with Gasteiger partial charge < -0.3 is 24.9 Å². The summed E-state index contributed by atoms with van der Waals surface area (Å²) in [5.74, 6) is -1.32. The molecule has 0 fully saturated rings. The molecule has 1 rings (SSSR count). The Balaban J connectivity index is 2.66. The monoisotopic (exact) mass is 317 g/mol. The lowest BCUT2D eigenvalue weighted by Crippen LogP contribution is -2.40. The third-order valence-electron chi connectivity index (χ3n) is 2.43. The number of carboxylic acid groups (broad SMARTS) is 1. The Morgan fingerprint density at radius 2 is 1.86 bits per heavy atom. The minimum Gasteiger partial charge on any atom is -0.479 e. The highest BCUT2D eigenvalue weighted by Gasteiger charge is 2.24. The van der Waals surface area contributed by atoms with Crippen LogP contribution in [0.15, 0.2) is 30.3 Å². The van der Waals surface area contributed by atoms with Crippen molar-refractivity contribution in [1.82, 2.24) is 5.32 Å². The summed E-state index contributed by atoms with van der Waals surface area (Å²) < 4.78 is 15.5. The van der Waals surface area contributed by atoms with Crippen LogP contribution in [-0.4, -0.2) is 45.8 Å². The third-order valence-corrected chi connectivity index (χ3v) is 3.35. The van der Waals surface area contributed by atoms with Crippen LogP contribution in [0, 0.1) is 0 Å². The van der Waals surface area contributed by atoms with Crippen molar-refractivity contribution in [2.24, 2.45) is 0 Å². The van der Waals surface area contributed by atoms with Crippen LogP contribution in [0.1, 0.15) is 5.56 Å². The van der Waals surface area contributed by atoms with Gasteiger partial charge in [-0.25, -0.2) is 9.59 Å². The van der Waals surface area contributed by atoms with E-state index in [1.165, 1.54) is 0 Å². The van der Waals surface area contributed by atoms with E-state index in [2.05, 4.69) is 10.1 Å². The quantitative estimate of drug-likeness (QED) is 0.541. The Labute approximate surface area is 120 Å². The van der Waals surface area contributed by atoms with E-state index in [9.17, 15) is 14.2 Å². The molecule has 1 unspecified atom stereocenters. The lowest BCUT2D eigenvalue weighted by molar-refractivity contribution is -0.140. The average Bonchev–Trinajstić information content (AvgIpc) is 2.35. The lowest BCUT2D eigenvalue weighted by atomic mass is 10.1. The van der Waals surface area contributed by atoms with Crippen LogP contribution in [0.5, 0.6) is 0 Å². The molecule has 0 aliphatic rings. The van der Waals surface area contributed by atoms with Gasteiger partial charge in [0.15, 0.2) is 6.61 Å². The van der Waals surface area contributed by atoms with Gasteiger partial charge in [0.1, 0.15) is 0 Å². The second-order valence-corrected chi connectivity index (χ2v) is 6.04. The van der Waals surface area contributed by atoms with Gasteiger partial charge in [0.05, 0.1) is 6.16 Å². The van der Waals surface area contributed by atoms with Gasteiger partial charge in [-0.2, -0.15) is 0 Å². The molecule has 0 bridgehead atoms. The number of ether oxygens (including phenoxy) is 1. The Kier molecular flexibility index (Phi) is 6.36. The van der Waals surface area contributed by atoms with Crippen LogP contribution in [0.25, 0.3) is 0 Å². The first-order valence-electron chi connectivity index (χ1n) is 6.00. The predicted molar refractivity (Wildman–Crippen MR) is 73.0 cm³/mol. The zero-order valence-corrected chi connectivity index (χ0v) is 11.9. The highest BCUT2D eigenvalue weighted by molar-refractivity contribution is 7.51. The number of rotatable bonds is 7. The molecule has 0 aliphatic carbocycles. The number of alkyl carbamates (subject to hydrolysis) is 1. The van der Waals surface area contributed by atoms with Crippen molar-refractivity contribution in [2.45, 2.75) is 12.5 Å². The maximum Gasteiger partial charge on any atom is 0.407 e. The van der Waals surface area contributed by atoms with Gasteiger partial charge in [-0.15, -0.1) is 0 Å². The van der Waals surface area contributed by atoms with Crippen molar-refractivity contribution in [3.63, 3.8) is 0 Å². The van der Waals surface area contributed by atoms with Crippen LogP contribution in [0.3, 0.4) is 0 Å². The molecule has 0 spiro atoms. The van der Waals surface area contributed by atoms with E-state index in [-0.39, 0.29) is 6.42 Å². The van der Waals surface area contributed by atoms with Crippen LogP contribution in [-0.2, 0) is 20.5 Å². The molecule has 1 aromatic carbocycles. The molecule has 9 heteroatoms. The molecular weight excluding hydrogens is 301 g/mol. The second-order valence-electron chi connectivity index (χ2n) is 4.35. The lowest BCUT2D eigenvalue weighted by Gasteiger charge is -2.19. The van der Waals surface area contributed by atoms with E-state index >= 15 is 0 Å². The summed E-state index contributed by atoms with van der Waals surface area (Å²) in [6.07, 6.45) is -1.41. The number of benzene rings is 1. The number of carbonyl (C=O) groups is 2. The van der Waals surface area contributed by atoms with Crippen LogP contribution >= 0.6 is 7.60 Å². The molecule has 0 saturated carbocycles. The Hall–Kier alpha value is -1.89. The molecule has 4 N–H and O–H groups in total. The number of nitrogens with one attached hydrogen (secondary N) is 1. The third kappa shape index (κ3) is 8.09. The van der Waals surface area contributed by atoms with E-state index in [1.807, 2.05) is 0 Å².